The van der Waals surface area contributed by atoms with Crippen molar-refractivity contribution < 1.29 is 9.47 Å². The number of hydrogen-bond donors (Lipinski definition) is 1. The maximum atomic E-state index is 6.29. The molecule has 1 aliphatic rings. The fourth-order valence-corrected chi connectivity index (χ4v) is 3.11. The Hall–Kier alpha value is -0.930. The van der Waals surface area contributed by atoms with Crippen molar-refractivity contribution >= 4 is 11.6 Å². The van der Waals surface area contributed by atoms with Gasteiger partial charge in [0.05, 0.1) is 19.2 Å². The summed E-state index contributed by atoms with van der Waals surface area (Å²) in [6, 6.07) is 2.00. The van der Waals surface area contributed by atoms with Gasteiger partial charge in [-0.05, 0) is 44.9 Å². The van der Waals surface area contributed by atoms with Gasteiger partial charge < -0.3 is 14.8 Å². The van der Waals surface area contributed by atoms with E-state index in [1.54, 1.807) is 14.2 Å². The molecule has 0 saturated carbocycles. The fraction of sp³-hybridized carbons (Fsp3) is 0.571. The van der Waals surface area contributed by atoms with Crippen LogP contribution < -0.4 is 14.8 Å². The Balaban J connectivity index is 2.59. The highest BCUT2D eigenvalue weighted by molar-refractivity contribution is 6.32. The summed E-state index contributed by atoms with van der Waals surface area (Å²) in [5.41, 5.74) is 2.27. The molecule has 1 saturated heterocycles. The molecule has 3 nitrogen and oxygen atoms in total. The maximum Gasteiger partial charge on any atom is 0.179 e. The Kier molecular flexibility index (Phi) is 3.74. The first-order valence-corrected chi connectivity index (χ1v) is 6.58. The van der Waals surface area contributed by atoms with Crippen LogP contribution in [-0.2, 0) is 5.54 Å². The number of nitrogens with one attached hydrogen (secondary N) is 1. The summed E-state index contributed by atoms with van der Waals surface area (Å²) in [5.74, 6) is 1.34. The summed E-state index contributed by atoms with van der Waals surface area (Å²) in [5, 5.41) is 4.15. The number of benzene rings is 1. The fourth-order valence-electron chi connectivity index (χ4n) is 2.84. The molecule has 0 amide bonds. The molecule has 0 radical (unpaired) electrons. The molecule has 1 atom stereocenters. The monoisotopic (exact) mass is 269 g/mol. The Morgan fingerprint density at radius 1 is 1.28 bits per heavy atom. The molecule has 0 spiro atoms. The summed E-state index contributed by atoms with van der Waals surface area (Å²) in [4.78, 5) is 0. The highest BCUT2D eigenvalue weighted by Gasteiger charge is 2.33. The zero-order valence-electron chi connectivity index (χ0n) is 11.4. The lowest BCUT2D eigenvalue weighted by Gasteiger charge is -2.29. The second-order valence-electron chi connectivity index (χ2n) is 4.96. The van der Waals surface area contributed by atoms with E-state index in [4.69, 9.17) is 21.1 Å². The summed E-state index contributed by atoms with van der Waals surface area (Å²) in [6.07, 6.45) is 2.29. The minimum absolute atomic E-state index is 0.0206. The van der Waals surface area contributed by atoms with E-state index in [9.17, 15) is 0 Å². The van der Waals surface area contributed by atoms with Gasteiger partial charge in [0.1, 0.15) is 0 Å². The molecule has 1 aromatic carbocycles. The summed E-state index contributed by atoms with van der Waals surface area (Å²) >= 11 is 6.29. The van der Waals surface area contributed by atoms with E-state index in [2.05, 4.69) is 19.2 Å². The number of halogens is 1. The average Bonchev–Trinajstić information content (AvgIpc) is 2.79. The predicted molar refractivity (Wildman–Crippen MR) is 73.9 cm³/mol. The zero-order chi connectivity index (χ0) is 13.3. The molecular weight excluding hydrogens is 250 g/mol. The first kappa shape index (κ1) is 13.5. The van der Waals surface area contributed by atoms with E-state index in [1.807, 2.05) is 6.07 Å². The van der Waals surface area contributed by atoms with Crippen molar-refractivity contribution in [3.8, 4) is 11.5 Å². The van der Waals surface area contributed by atoms with Crippen LogP contribution >= 0.6 is 11.6 Å². The summed E-state index contributed by atoms with van der Waals surface area (Å²) in [7, 11) is 3.26. The van der Waals surface area contributed by atoms with Gasteiger partial charge in [0.15, 0.2) is 11.5 Å². The lowest BCUT2D eigenvalue weighted by Crippen LogP contribution is -2.34. The highest BCUT2D eigenvalue weighted by atomic mass is 35.5. The van der Waals surface area contributed by atoms with Gasteiger partial charge in [0.25, 0.3) is 0 Å². The smallest absolute Gasteiger partial charge is 0.179 e. The lowest BCUT2D eigenvalue weighted by molar-refractivity contribution is 0.349. The molecular formula is C14H20ClNO2. The van der Waals surface area contributed by atoms with Crippen molar-refractivity contribution in [2.45, 2.75) is 32.2 Å². The van der Waals surface area contributed by atoms with Crippen LogP contribution in [-0.4, -0.2) is 20.8 Å². The number of ether oxygens (including phenoxy) is 2. The summed E-state index contributed by atoms with van der Waals surface area (Å²) in [6.45, 7) is 5.31. The van der Waals surface area contributed by atoms with Gasteiger partial charge in [-0.25, -0.2) is 0 Å². The van der Waals surface area contributed by atoms with Gasteiger partial charge >= 0.3 is 0 Å². The zero-order valence-corrected chi connectivity index (χ0v) is 12.1. The Labute approximate surface area is 113 Å². The maximum absolute atomic E-state index is 6.29. The van der Waals surface area contributed by atoms with Crippen LogP contribution in [0.1, 0.15) is 30.9 Å². The van der Waals surface area contributed by atoms with Crippen molar-refractivity contribution in [2.75, 3.05) is 20.8 Å². The third-order valence-electron chi connectivity index (χ3n) is 3.81. The minimum atomic E-state index is -0.0206. The van der Waals surface area contributed by atoms with Gasteiger partial charge in [-0.1, -0.05) is 11.6 Å². The van der Waals surface area contributed by atoms with Gasteiger partial charge in [0.2, 0.25) is 0 Å². The topological polar surface area (TPSA) is 30.5 Å². The van der Waals surface area contributed by atoms with Gasteiger partial charge in [-0.2, -0.15) is 0 Å². The molecule has 1 unspecified atom stereocenters. The quantitative estimate of drug-likeness (QED) is 0.914. The molecule has 0 aromatic heterocycles. The van der Waals surface area contributed by atoms with Crippen LogP contribution in [0.25, 0.3) is 0 Å². The number of hydrogen-bond acceptors (Lipinski definition) is 3. The number of rotatable bonds is 3. The van der Waals surface area contributed by atoms with Crippen molar-refractivity contribution in [3.63, 3.8) is 0 Å². The Morgan fingerprint density at radius 3 is 2.44 bits per heavy atom. The second-order valence-corrected chi connectivity index (χ2v) is 5.37. The second kappa shape index (κ2) is 4.98. The molecule has 1 aromatic rings. The normalized spacial score (nSPS) is 23.2. The molecule has 1 heterocycles. The molecule has 0 bridgehead atoms. The molecule has 4 heteroatoms. The van der Waals surface area contributed by atoms with E-state index >= 15 is 0 Å². The Bertz CT molecular complexity index is 454. The van der Waals surface area contributed by atoms with Crippen LogP contribution in [0.2, 0.25) is 5.02 Å². The first-order valence-electron chi connectivity index (χ1n) is 6.20. The van der Waals surface area contributed by atoms with E-state index in [-0.39, 0.29) is 5.54 Å². The van der Waals surface area contributed by atoms with Gasteiger partial charge in [0, 0.05) is 11.1 Å². The van der Waals surface area contributed by atoms with Crippen LogP contribution in [0.15, 0.2) is 6.07 Å². The van der Waals surface area contributed by atoms with Crippen LogP contribution in [0.3, 0.4) is 0 Å². The SMILES string of the molecule is COc1c(Cl)cc(C2(C)CCCN2)c(C)c1OC. The van der Waals surface area contributed by atoms with Crippen molar-refractivity contribution in [2.24, 2.45) is 0 Å². The predicted octanol–water partition coefficient (Wildman–Crippen LogP) is 3.26. The Morgan fingerprint density at radius 2 is 1.94 bits per heavy atom. The molecule has 0 aliphatic carbocycles. The molecule has 1 fully saturated rings. The first-order chi connectivity index (χ1) is 8.53. The highest BCUT2D eigenvalue weighted by Crippen LogP contribution is 2.44. The minimum Gasteiger partial charge on any atom is -0.493 e. The van der Waals surface area contributed by atoms with Gasteiger partial charge in [-0.15, -0.1) is 0 Å². The molecule has 2 rings (SSSR count). The number of methoxy groups -OCH3 is 2. The van der Waals surface area contributed by atoms with Crippen molar-refractivity contribution in [1.29, 1.82) is 0 Å². The van der Waals surface area contributed by atoms with Gasteiger partial charge in [-0.3, -0.25) is 0 Å². The lowest BCUT2D eigenvalue weighted by atomic mass is 9.87. The molecule has 1 aliphatic heterocycles. The van der Waals surface area contributed by atoms with Crippen molar-refractivity contribution in [3.05, 3.63) is 22.2 Å². The van der Waals surface area contributed by atoms with Crippen LogP contribution in [0.5, 0.6) is 11.5 Å². The summed E-state index contributed by atoms with van der Waals surface area (Å²) < 4.78 is 10.8. The van der Waals surface area contributed by atoms with Crippen LogP contribution in [0.4, 0.5) is 0 Å². The van der Waals surface area contributed by atoms with E-state index < -0.39 is 0 Å². The van der Waals surface area contributed by atoms with Crippen molar-refractivity contribution in [1.82, 2.24) is 5.32 Å². The van der Waals surface area contributed by atoms with E-state index in [0.717, 1.165) is 24.3 Å². The van der Waals surface area contributed by atoms with Crippen LogP contribution in [0, 0.1) is 6.92 Å². The van der Waals surface area contributed by atoms with E-state index in [0.29, 0.717) is 10.8 Å². The molecule has 100 valence electrons. The average molecular weight is 270 g/mol. The largest absolute Gasteiger partial charge is 0.493 e. The third kappa shape index (κ3) is 2.06. The molecule has 18 heavy (non-hydrogen) atoms. The molecule has 1 N–H and O–H groups in total. The van der Waals surface area contributed by atoms with E-state index in [1.165, 1.54) is 12.0 Å². The standard InChI is InChI=1S/C14H20ClNO2/c1-9-10(14(2)6-5-7-16-14)8-11(15)13(18-4)12(9)17-3/h8,16H,5-7H2,1-4H3. The third-order valence-corrected chi connectivity index (χ3v) is 4.09.